The highest BCUT2D eigenvalue weighted by Crippen LogP contribution is 2.43. The lowest BCUT2D eigenvalue weighted by Gasteiger charge is -2.18. The van der Waals surface area contributed by atoms with E-state index in [0.29, 0.717) is 28.5 Å². The van der Waals surface area contributed by atoms with Gasteiger partial charge < -0.3 is 4.57 Å². The molecule has 2 aromatic heterocycles. The van der Waals surface area contributed by atoms with E-state index in [-0.39, 0.29) is 11.4 Å². The Labute approximate surface area is 309 Å². The molecule has 0 saturated heterocycles. The van der Waals surface area contributed by atoms with Crippen LogP contribution in [0.1, 0.15) is 11.1 Å². The molecular weight excluding hydrogens is 678 g/mol. The Bertz CT molecular complexity index is 2770. The fraction of sp³-hybridized carbons (Fsp3) is 0.0426. The number of aryl methyl sites for hydroxylation is 1. The highest BCUT2D eigenvalue weighted by atomic mass is 19.4. The van der Waals surface area contributed by atoms with E-state index in [1.807, 2.05) is 109 Å². The van der Waals surface area contributed by atoms with E-state index in [2.05, 4.69) is 47.9 Å². The van der Waals surface area contributed by atoms with Crippen LogP contribution in [0, 0.1) is 6.92 Å². The van der Waals surface area contributed by atoms with Gasteiger partial charge in [-0.15, -0.1) is 0 Å². The van der Waals surface area contributed by atoms with E-state index < -0.39 is 11.7 Å². The second-order valence-electron chi connectivity index (χ2n) is 13.2. The molecule has 2 heterocycles. The number of para-hydroxylation sites is 1. The number of hydrogen-bond acceptors (Lipinski definition) is 3. The monoisotopic (exact) mass is 708 g/mol. The van der Waals surface area contributed by atoms with Gasteiger partial charge in [-0.2, -0.15) is 13.2 Å². The van der Waals surface area contributed by atoms with Crippen LogP contribution in [0.25, 0.3) is 83.9 Å². The van der Waals surface area contributed by atoms with E-state index in [1.165, 1.54) is 17.7 Å². The predicted molar refractivity (Wildman–Crippen MR) is 211 cm³/mol. The van der Waals surface area contributed by atoms with Crippen molar-refractivity contribution in [1.29, 1.82) is 0 Å². The molecule has 0 aliphatic rings. The van der Waals surface area contributed by atoms with Gasteiger partial charge in [0.1, 0.15) is 0 Å². The molecule has 0 unspecified atom stereocenters. The summed E-state index contributed by atoms with van der Waals surface area (Å²) in [5.41, 5.74) is 7.64. The van der Waals surface area contributed by atoms with Crippen LogP contribution in [0.5, 0.6) is 0 Å². The summed E-state index contributed by atoms with van der Waals surface area (Å²) in [5.74, 6) is 1.11. The Morgan fingerprint density at radius 1 is 0.426 bits per heavy atom. The zero-order valence-corrected chi connectivity index (χ0v) is 29.1. The van der Waals surface area contributed by atoms with Crippen molar-refractivity contribution >= 4 is 21.8 Å². The maximum atomic E-state index is 14.8. The van der Waals surface area contributed by atoms with E-state index in [4.69, 9.17) is 15.0 Å². The van der Waals surface area contributed by atoms with E-state index in [9.17, 15) is 13.2 Å². The molecule has 0 atom stereocenters. The molecule has 7 heteroatoms. The molecule has 0 N–H and O–H groups in total. The highest BCUT2D eigenvalue weighted by molar-refractivity contribution is 6.10. The summed E-state index contributed by atoms with van der Waals surface area (Å²) in [5, 5.41) is 2.09. The van der Waals surface area contributed by atoms with Crippen LogP contribution in [-0.4, -0.2) is 19.5 Å². The molecule has 7 aromatic carbocycles. The maximum absolute atomic E-state index is 14.8. The zero-order valence-electron chi connectivity index (χ0n) is 29.1. The molecule has 0 bridgehead atoms. The first kappa shape index (κ1) is 33.0. The SMILES string of the molecule is Cc1ccccc1-c1ccc2c(c1)c1ccccc1n2-c1ccc(-c2nc(-c3ccccc3)nc(-c3ccccc3)n2)c(-c2ccccc2C(F)(F)F)c1. The number of rotatable bonds is 6. The Hall–Kier alpha value is -6.86. The predicted octanol–water partition coefficient (Wildman–Crippen LogP) is 12.6. The van der Waals surface area contributed by atoms with Crippen molar-refractivity contribution in [2.75, 3.05) is 0 Å². The lowest BCUT2D eigenvalue weighted by molar-refractivity contribution is -0.137. The van der Waals surface area contributed by atoms with Crippen molar-refractivity contribution in [3.63, 3.8) is 0 Å². The molecule has 0 saturated carbocycles. The van der Waals surface area contributed by atoms with Gasteiger partial charge in [0, 0.05) is 33.2 Å². The third-order valence-electron chi connectivity index (χ3n) is 9.85. The quantitative estimate of drug-likeness (QED) is 0.173. The molecule has 0 spiro atoms. The van der Waals surface area contributed by atoms with Crippen molar-refractivity contribution in [1.82, 2.24) is 19.5 Å². The standard InChI is InChI=1S/C47H31F3N4/c1-30-14-8-9-19-35(30)33-24-27-43-40(28-33)37-21-11-13-23-42(37)54(43)34-25-26-38(39(29-34)36-20-10-12-22-41(36)47(48,49)50)46-52-44(31-15-4-2-5-16-31)51-45(53-46)32-17-6-3-7-18-32/h2-29H,1H3. The van der Waals surface area contributed by atoms with Gasteiger partial charge in [-0.05, 0) is 77.2 Å². The summed E-state index contributed by atoms with van der Waals surface area (Å²) >= 11 is 0. The number of fused-ring (bicyclic) bond motifs is 3. The topological polar surface area (TPSA) is 43.6 Å². The molecule has 0 aliphatic carbocycles. The van der Waals surface area contributed by atoms with Crippen LogP contribution in [0.2, 0.25) is 0 Å². The van der Waals surface area contributed by atoms with E-state index in [1.54, 1.807) is 6.07 Å². The molecule has 0 amide bonds. The van der Waals surface area contributed by atoms with E-state index in [0.717, 1.165) is 50.1 Å². The summed E-state index contributed by atoms with van der Waals surface area (Å²) in [6.07, 6.45) is -4.60. The van der Waals surface area contributed by atoms with Gasteiger partial charge in [0.2, 0.25) is 0 Å². The average Bonchev–Trinajstić information content (AvgIpc) is 3.54. The lowest BCUT2D eigenvalue weighted by Crippen LogP contribution is -2.08. The van der Waals surface area contributed by atoms with Gasteiger partial charge in [-0.1, -0.05) is 127 Å². The Morgan fingerprint density at radius 3 is 1.69 bits per heavy atom. The zero-order chi connectivity index (χ0) is 36.8. The van der Waals surface area contributed by atoms with Crippen LogP contribution < -0.4 is 0 Å². The Balaban J connectivity index is 1.31. The summed E-state index contributed by atoms with van der Waals surface area (Å²) in [6.45, 7) is 2.10. The maximum Gasteiger partial charge on any atom is 0.417 e. The third-order valence-corrected chi connectivity index (χ3v) is 9.85. The first-order valence-electron chi connectivity index (χ1n) is 17.6. The number of hydrogen-bond donors (Lipinski definition) is 0. The number of aromatic nitrogens is 4. The largest absolute Gasteiger partial charge is 0.417 e. The van der Waals surface area contributed by atoms with Crippen molar-refractivity contribution in [2.45, 2.75) is 13.1 Å². The van der Waals surface area contributed by atoms with Crippen molar-refractivity contribution in [2.24, 2.45) is 0 Å². The molecule has 0 fully saturated rings. The van der Waals surface area contributed by atoms with Crippen LogP contribution in [0.15, 0.2) is 170 Å². The van der Waals surface area contributed by atoms with Crippen LogP contribution >= 0.6 is 0 Å². The van der Waals surface area contributed by atoms with Gasteiger partial charge >= 0.3 is 6.18 Å². The average molecular weight is 709 g/mol. The minimum absolute atomic E-state index is 0.0346. The summed E-state index contributed by atoms with van der Waals surface area (Å²) in [7, 11) is 0. The number of benzene rings is 7. The minimum atomic E-state index is -4.60. The fourth-order valence-corrected chi connectivity index (χ4v) is 7.30. The van der Waals surface area contributed by atoms with Crippen molar-refractivity contribution in [3.05, 3.63) is 181 Å². The smallest absolute Gasteiger partial charge is 0.309 e. The summed E-state index contributed by atoms with van der Waals surface area (Å²) in [4.78, 5) is 14.6. The van der Waals surface area contributed by atoms with Crippen molar-refractivity contribution < 1.29 is 13.2 Å². The molecule has 0 aliphatic heterocycles. The van der Waals surface area contributed by atoms with Gasteiger partial charge in [0.15, 0.2) is 17.5 Å². The first-order valence-corrected chi connectivity index (χ1v) is 17.6. The number of alkyl halides is 3. The molecule has 9 aromatic rings. The molecule has 0 radical (unpaired) electrons. The molecule has 4 nitrogen and oxygen atoms in total. The van der Waals surface area contributed by atoms with Crippen LogP contribution in [-0.2, 0) is 6.18 Å². The Morgan fingerprint density at radius 2 is 1.00 bits per heavy atom. The van der Waals surface area contributed by atoms with Gasteiger partial charge in [-0.3, -0.25) is 0 Å². The normalized spacial score (nSPS) is 11.7. The summed E-state index contributed by atoms with van der Waals surface area (Å²) in [6, 6.07) is 53.1. The number of nitrogens with zero attached hydrogens (tertiary/aromatic N) is 4. The molecule has 9 rings (SSSR count). The second-order valence-corrected chi connectivity index (χ2v) is 13.2. The molecule has 54 heavy (non-hydrogen) atoms. The fourth-order valence-electron chi connectivity index (χ4n) is 7.30. The first-order chi connectivity index (χ1) is 26.3. The number of halogens is 3. The minimum Gasteiger partial charge on any atom is -0.309 e. The van der Waals surface area contributed by atoms with Gasteiger partial charge in [0.25, 0.3) is 0 Å². The highest BCUT2D eigenvalue weighted by Gasteiger charge is 2.34. The molecule has 260 valence electrons. The van der Waals surface area contributed by atoms with E-state index >= 15 is 0 Å². The second kappa shape index (κ2) is 13.3. The van der Waals surface area contributed by atoms with Gasteiger partial charge in [-0.25, -0.2) is 15.0 Å². The van der Waals surface area contributed by atoms with Crippen LogP contribution in [0.4, 0.5) is 13.2 Å². The third kappa shape index (κ3) is 5.90. The molecular formula is C47H31F3N4. The Kier molecular flexibility index (Phi) is 8.12. The lowest BCUT2D eigenvalue weighted by atomic mass is 9.93. The summed E-state index contributed by atoms with van der Waals surface area (Å²) < 4.78 is 46.5. The van der Waals surface area contributed by atoms with Crippen molar-refractivity contribution in [3.8, 4) is 62.1 Å². The van der Waals surface area contributed by atoms with Crippen LogP contribution in [0.3, 0.4) is 0 Å². The van der Waals surface area contributed by atoms with Gasteiger partial charge in [0.05, 0.1) is 16.6 Å².